The van der Waals surface area contributed by atoms with Crippen molar-refractivity contribution in [1.29, 1.82) is 0 Å². The van der Waals surface area contributed by atoms with Gasteiger partial charge in [0, 0.05) is 11.3 Å². The van der Waals surface area contributed by atoms with Gasteiger partial charge < -0.3 is 14.8 Å². The topological polar surface area (TPSA) is 64.6 Å². The Morgan fingerprint density at radius 3 is 2.58 bits per heavy atom. The maximum absolute atomic E-state index is 12.5. The summed E-state index contributed by atoms with van der Waals surface area (Å²) < 4.78 is 9.84. The highest BCUT2D eigenvalue weighted by Crippen LogP contribution is 2.22. The Hall–Kier alpha value is -2.82. The lowest BCUT2D eigenvalue weighted by Crippen LogP contribution is -2.15. The first-order valence-corrected chi connectivity index (χ1v) is 7.74. The highest BCUT2D eigenvalue weighted by Gasteiger charge is 2.12. The van der Waals surface area contributed by atoms with Crippen LogP contribution in [0, 0.1) is 6.92 Å². The lowest BCUT2D eigenvalue weighted by Gasteiger charge is -2.13. The number of carbonyl (C=O) groups is 2. The largest absolute Gasteiger partial charge is 0.482 e. The second-order valence-electron chi connectivity index (χ2n) is 5.31. The Morgan fingerprint density at radius 1 is 1.12 bits per heavy atom. The lowest BCUT2D eigenvalue weighted by atomic mass is 10.1. The van der Waals surface area contributed by atoms with Crippen LogP contribution < -0.4 is 10.1 Å². The fourth-order valence-electron chi connectivity index (χ4n) is 2.32. The third kappa shape index (κ3) is 4.35. The number of amides is 1. The van der Waals surface area contributed by atoms with E-state index in [1.165, 1.54) is 7.11 Å². The van der Waals surface area contributed by atoms with Crippen molar-refractivity contribution < 1.29 is 19.1 Å². The molecule has 0 aliphatic heterocycles. The Morgan fingerprint density at radius 2 is 1.88 bits per heavy atom. The van der Waals surface area contributed by atoms with Crippen LogP contribution in [-0.4, -0.2) is 25.6 Å². The van der Waals surface area contributed by atoms with Crippen LogP contribution in [-0.2, 0) is 16.0 Å². The van der Waals surface area contributed by atoms with E-state index in [4.69, 9.17) is 4.74 Å². The third-order valence-corrected chi connectivity index (χ3v) is 3.66. The van der Waals surface area contributed by atoms with E-state index in [9.17, 15) is 9.59 Å². The molecular formula is C19H21NO4. The fraction of sp³-hybridized carbons (Fsp3) is 0.263. The Kier molecular flexibility index (Phi) is 5.95. The molecule has 0 saturated carbocycles. The van der Waals surface area contributed by atoms with Crippen LogP contribution in [0.1, 0.15) is 28.4 Å². The maximum atomic E-state index is 12.5. The summed E-state index contributed by atoms with van der Waals surface area (Å²) in [5, 5.41) is 2.96. The van der Waals surface area contributed by atoms with Crippen molar-refractivity contribution in [2.45, 2.75) is 20.3 Å². The zero-order chi connectivity index (χ0) is 17.5. The van der Waals surface area contributed by atoms with Crippen molar-refractivity contribution in [1.82, 2.24) is 0 Å². The van der Waals surface area contributed by atoms with E-state index >= 15 is 0 Å². The minimum Gasteiger partial charge on any atom is -0.482 e. The van der Waals surface area contributed by atoms with Crippen molar-refractivity contribution in [3.63, 3.8) is 0 Å². The number of nitrogens with one attached hydrogen (secondary N) is 1. The van der Waals surface area contributed by atoms with Gasteiger partial charge in [-0.15, -0.1) is 0 Å². The number of hydrogen-bond acceptors (Lipinski definition) is 4. The molecule has 5 heteroatoms. The Bertz CT molecular complexity index is 740. The van der Waals surface area contributed by atoms with Crippen molar-refractivity contribution in [3.05, 3.63) is 59.2 Å². The van der Waals surface area contributed by atoms with E-state index < -0.39 is 5.97 Å². The summed E-state index contributed by atoms with van der Waals surface area (Å²) in [6.07, 6.45) is 0.833. The number of hydrogen-bond donors (Lipinski definition) is 1. The number of benzene rings is 2. The van der Waals surface area contributed by atoms with E-state index in [0.717, 1.165) is 23.2 Å². The van der Waals surface area contributed by atoms with Crippen LogP contribution in [0.15, 0.2) is 42.5 Å². The first-order chi connectivity index (χ1) is 11.5. The second kappa shape index (κ2) is 8.15. The van der Waals surface area contributed by atoms with E-state index in [0.29, 0.717) is 11.3 Å². The van der Waals surface area contributed by atoms with Gasteiger partial charge in [0.25, 0.3) is 5.91 Å². The van der Waals surface area contributed by atoms with Crippen LogP contribution in [0.2, 0.25) is 0 Å². The van der Waals surface area contributed by atoms with E-state index in [2.05, 4.69) is 10.1 Å². The summed E-state index contributed by atoms with van der Waals surface area (Å²) in [5.74, 6) is -0.256. The van der Waals surface area contributed by atoms with Gasteiger partial charge in [0.05, 0.1) is 7.11 Å². The van der Waals surface area contributed by atoms with Crippen LogP contribution in [0.4, 0.5) is 5.69 Å². The molecule has 0 radical (unpaired) electrons. The fourth-order valence-corrected chi connectivity index (χ4v) is 2.32. The standard InChI is InChI=1S/C19H21NO4/c1-4-14-8-5-7-13(2)18(14)20-19(22)15-9-6-10-16(11-15)24-12-17(21)23-3/h5-11H,4,12H2,1-3H3,(H,20,22). The third-order valence-electron chi connectivity index (χ3n) is 3.66. The molecular weight excluding hydrogens is 306 g/mol. The number of ether oxygens (including phenoxy) is 2. The van der Waals surface area contributed by atoms with Gasteiger partial charge in [0.2, 0.25) is 0 Å². The Balaban J connectivity index is 2.14. The molecule has 0 bridgehead atoms. The van der Waals surface area contributed by atoms with Gasteiger partial charge >= 0.3 is 5.97 Å². The van der Waals surface area contributed by atoms with Gasteiger partial charge in [0.15, 0.2) is 6.61 Å². The van der Waals surface area contributed by atoms with Crippen LogP contribution in [0.3, 0.4) is 0 Å². The molecule has 0 aliphatic rings. The molecule has 5 nitrogen and oxygen atoms in total. The molecule has 2 rings (SSSR count). The average Bonchev–Trinajstić information content (AvgIpc) is 2.61. The van der Waals surface area contributed by atoms with E-state index in [1.54, 1.807) is 24.3 Å². The predicted molar refractivity (Wildman–Crippen MR) is 92.5 cm³/mol. The SMILES string of the molecule is CCc1cccc(C)c1NC(=O)c1cccc(OCC(=O)OC)c1. The monoisotopic (exact) mass is 327 g/mol. The molecule has 0 atom stereocenters. The van der Waals surface area contributed by atoms with E-state index in [1.807, 2.05) is 32.0 Å². The molecule has 0 aliphatic carbocycles. The number of methoxy groups -OCH3 is 1. The number of carbonyl (C=O) groups excluding carboxylic acids is 2. The molecule has 2 aromatic carbocycles. The van der Waals surface area contributed by atoms with Crippen molar-refractivity contribution in [2.75, 3.05) is 19.0 Å². The molecule has 0 saturated heterocycles. The number of para-hydroxylation sites is 1. The zero-order valence-corrected chi connectivity index (χ0v) is 14.1. The predicted octanol–water partition coefficient (Wildman–Crippen LogP) is 3.36. The summed E-state index contributed by atoms with van der Waals surface area (Å²) >= 11 is 0. The average molecular weight is 327 g/mol. The molecule has 0 heterocycles. The van der Waals surface area contributed by atoms with E-state index in [-0.39, 0.29) is 12.5 Å². The van der Waals surface area contributed by atoms with Gasteiger partial charge in [-0.25, -0.2) is 4.79 Å². The smallest absolute Gasteiger partial charge is 0.343 e. The highest BCUT2D eigenvalue weighted by molar-refractivity contribution is 6.05. The van der Waals surface area contributed by atoms with Gasteiger partial charge in [-0.1, -0.05) is 31.2 Å². The second-order valence-corrected chi connectivity index (χ2v) is 5.31. The molecule has 24 heavy (non-hydrogen) atoms. The minimum absolute atomic E-state index is 0.195. The highest BCUT2D eigenvalue weighted by atomic mass is 16.6. The maximum Gasteiger partial charge on any atom is 0.343 e. The normalized spacial score (nSPS) is 10.1. The minimum atomic E-state index is -0.475. The summed E-state index contributed by atoms with van der Waals surface area (Å²) in [6, 6.07) is 12.6. The van der Waals surface area contributed by atoms with Crippen LogP contribution >= 0.6 is 0 Å². The molecule has 1 amide bonds. The number of rotatable bonds is 6. The first kappa shape index (κ1) is 17.5. The van der Waals surface area contributed by atoms with Crippen molar-refractivity contribution in [2.24, 2.45) is 0 Å². The van der Waals surface area contributed by atoms with Gasteiger partial charge in [-0.05, 0) is 42.7 Å². The van der Waals surface area contributed by atoms with Gasteiger partial charge in [-0.3, -0.25) is 4.79 Å². The lowest BCUT2D eigenvalue weighted by molar-refractivity contribution is -0.142. The number of esters is 1. The van der Waals surface area contributed by atoms with Gasteiger partial charge in [-0.2, -0.15) is 0 Å². The van der Waals surface area contributed by atoms with Crippen molar-refractivity contribution in [3.8, 4) is 5.75 Å². The number of aryl methyl sites for hydroxylation is 2. The summed E-state index contributed by atoms with van der Waals surface area (Å²) in [6.45, 7) is 3.82. The van der Waals surface area contributed by atoms with Crippen LogP contribution in [0.25, 0.3) is 0 Å². The zero-order valence-electron chi connectivity index (χ0n) is 14.1. The summed E-state index contributed by atoms with van der Waals surface area (Å²) in [4.78, 5) is 23.6. The first-order valence-electron chi connectivity index (χ1n) is 7.74. The number of anilines is 1. The molecule has 0 fully saturated rings. The molecule has 1 N–H and O–H groups in total. The molecule has 126 valence electrons. The summed E-state index contributed by atoms with van der Waals surface area (Å²) in [7, 11) is 1.29. The molecule has 0 aromatic heterocycles. The van der Waals surface area contributed by atoms with Gasteiger partial charge in [0.1, 0.15) is 5.75 Å². The summed E-state index contributed by atoms with van der Waals surface area (Å²) in [5.41, 5.74) is 3.40. The molecule has 2 aromatic rings. The molecule has 0 spiro atoms. The van der Waals surface area contributed by atoms with Crippen LogP contribution in [0.5, 0.6) is 5.75 Å². The van der Waals surface area contributed by atoms with Crippen molar-refractivity contribution >= 4 is 17.6 Å². The Labute approximate surface area is 141 Å². The molecule has 0 unspecified atom stereocenters. The quantitative estimate of drug-likeness (QED) is 0.826.